The molecule has 7 nitrogen and oxygen atoms in total. The number of carbonyl (C=O) groups excluding carboxylic acids is 2. The van der Waals surface area contributed by atoms with Crippen molar-refractivity contribution in [3.8, 4) is 0 Å². The van der Waals surface area contributed by atoms with E-state index in [1.54, 1.807) is 27.7 Å². The van der Waals surface area contributed by atoms with Gasteiger partial charge < -0.3 is 4.90 Å². The molecule has 160 valence electrons. The normalized spacial score (nSPS) is 17.5. The van der Waals surface area contributed by atoms with Gasteiger partial charge in [-0.2, -0.15) is 5.10 Å². The van der Waals surface area contributed by atoms with Crippen LogP contribution in [0.15, 0.2) is 23.0 Å². The Bertz CT molecular complexity index is 1020. The van der Waals surface area contributed by atoms with E-state index >= 15 is 0 Å². The van der Waals surface area contributed by atoms with Gasteiger partial charge in [-0.3, -0.25) is 14.2 Å². The van der Waals surface area contributed by atoms with E-state index in [0.29, 0.717) is 48.1 Å². The molecule has 1 aromatic carbocycles. The number of amides is 1. The Morgan fingerprint density at radius 1 is 1.03 bits per heavy atom. The monoisotopic (exact) mass is 450 g/mol. The number of halogens is 2. The van der Waals surface area contributed by atoms with Crippen molar-refractivity contribution in [2.75, 3.05) is 13.1 Å². The first-order valence-corrected chi connectivity index (χ1v) is 11.1. The molecule has 9 heteroatoms. The van der Waals surface area contributed by atoms with Gasteiger partial charge in [0.1, 0.15) is 12.4 Å². The number of hydrogen-bond acceptors (Lipinski definition) is 4. The molecule has 2 aliphatic heterocycles. The van der Waals surface area contributed by atoms with Crippen molar-refractivity contribution in [1.29, 1.82) is 0 Å². The lowest BCUT2D eigenvalue weighted by molar-refractivity contribution is -0.133. The summed E-state index contributed by atoms with van der Waals surface area (Å²) in [6.45, 7) is 1.59. The molecule has 2 aliphatic rings. The van der Waals surface area contributed by atoms with Crippen LogP contribution >= 0.6 is 23.2 Å². The number of aromatic nitrogens is 3. The predicted molar refractivity (Wildman–Crippen MR) is 114 cm³/mol. The Morgan fingerprint density at radius 3 is 2.53 bits per heavy atom. The summed E-state index contributed by atoms with van der Waals surface area (Å²) in [5, 5.41) is 5.16. The fourth-order valence-electron chi connectivity index (χ4n) is 4.23. The first-order chi connectivity index (χ1) is 14.4. The van der Waals surface area contributed by atoms with E-state index in [0.717, 1.165) is 31.5 Å². The van der Waals surface area contributed by atoms with Crippen molar-refractivity contribution in [3.63, 3.8) is 0 Å². The number of aryl methyl sites for hydroxylation is 1. The average molecular weight is 451 g/mol. The van der Waals surface area contributed by atoms with E-state index in [4.69, 9.17) is 23.2 Å². The molecule has 30 heavy (non-hydrogen) atoms. The molecule has 1 saturated heterocycles. The minimum Gasteiger partial charge on any atom is -0.341 e. The first kappa shape index (κ1) is 21.1. The summed E-state index contributed by atoms with van der Waals surface area (Å²) >= 11 is 12.0. The number of ketones is 1. The number of carbonyl (C=O) groups is 2. The topological polar surface area (TPSA) is 77.2 Å². The third-order valence-corrected chi connectivity index (χ3v) is 6.73. The number of Topliss-reactive ketones (excluding diaryl/α,β-unsaturated/α-hetero) is 1. The summed E-state index contributed by atoms with van der Waals surface area (Å²) in [6.07, 6.45) is 5.02. The molecule has 3 heterocycles. The van der Waals surface area contributed by atoms with Gasteiger partial charge in [-0.15, -0.1) is 0 Å². The number of rotatable bonds is 4. The lowest BCUT2D eigenvalue weighted by Crippen LogP contribution is -2.43. The fourth-order valence-corrected chi connectivity index (χ4v) is 4.53. The highest BCUT2D eigenvalue weighted by atomic mass is 35.5. The summed E-state index contributed by atoms with van der Waals surface area (Å²) in [7, 11) is 0. The maximum Gasteiger partial charge on any atom is 0.346 e. The number of fused-ring (bicyclic) bond motifs is 1. The van der Waals surface area contributed by atoms with E-state index < -0.39 is 0 Å². The summed E-state index contributed by atoms with van der Waals surface area (Å²) in [5.74, 6) is 0.509. The third kappa shape index (κ3) is 4.32. The third-order valence-electron chi connectivity index (χ3n) is 5.99. The molecule has 0 atom stereocenters. The van der Waals surface area contributed by atoms with Gasteiger partial charge in [0, 0.05) is 37.5 Å². The second kappa shape index (κ2) is 8.94. The molecule has 1 amide bonds. The minimum absolute atomic E-state index is 0.0229. The van der Waals surface area contributed by atoms with Crippen molar-refractivity contribution in [2.45, 2.75) is 51.6 Å². The second-order valence-electron chi connectivity index (χ2n) is 7.97. The molecule has 0 radical (unpaired) electrons. The Hall–Kier alpha value is -2.12. The lowest BCUT2D eigenvalue weighted by atomic mass is 9.89. The SMILES string of the molecule is O=C(c1ccc(Cl)c(Cl)c1)C1CCN(C(=O)Cn2nc3n(c2=O)CCCCC3)CC1. The second-order valence-corrected chi connectivity index (χ2v) is 8.78. The van der Waals surface area contributed by atoms with Crippen LogP contribution in [0.2, 0.25) is 10.0 Å². The number of likely N-dealkylation sites (tertiary alicyclic amines) is 1. The van der Waals surface area contributed by atoms with Crippen LogP contribution in [0.4, 0.5) is 0 Å². The molecule has 0 unspecified atom stereocenters. The van der Waals surface area contributed by atoms with Crippen LogP contribution in [0.1, 0.15) is 48.3 Å². The molecule has 0 aliphatic carbocycles. The van der Waals surface area contributed by atoms with Crippen molar-refractivity contribution >= 4 is 34.9 Å². The molecular formula is C21H24Cl2N4O3. The van der Waals surface area contributed by atoms with Crippen molar-refractivity contribution in [3.05, 3.63) is 50.1 Å². The zero-order valence-electron chi connectivity index (χ0n) is 16.6. The number of nitrogens with zero attached hydrogens (tertiary/aromatic N) is 4. The van der Waals surface area contributed by atoms with Gasteiger partial charge in [0.25, 0.3) is 0 Å². The van der Waals surface area contributed by atoms with Gasteiger partial charge in [0.15, 0.2) is 5.78 Å². The molecule has 4 rings (SSSR count). The van der Waals surface area contributed by atoms with E-state index in [1.165, 1.54) is 4.68 Å². The highest BCUT2D eigenvalue weighted by Crippen LogP contribution is 2.27. The molecule has 0 bridgehead atoms. The standard InChI is InChI=1S/C21H24Cl2N4O3/c22-16-6-5-15(12-17(16)23)20(29)14-7-10-25(11-8-14)19(28)13-27-21(30)26-9-3-1-2-4-18(26)24-27/h5-6,12,14H,1-4,7-11,13H2. The van der Waals surface area contributed by atoms with Gasteiger partial charge in [-0.25, -0.2) is 9.48 Å². The summed E-state index contributed by atoms with van der Waals surface area (Å²) in [4.78, 5) is 39.8. The predicted octanol–water partition coefficient (Wildman–Crippen LogP) is 3.20. The zero-order valence-corrected chi connectivity index (χ0v) is 18.2. The van der Waals surface area contributed by atoms with Crippen LogP contribution in [0, 0.1) is 5.92 Å². The number of benzene rings is 1. The highest BCUT2D eigenvalue weighted by molar-refractivity contribution is 6.42. The van der Waals surface area contributed by atoms with Crippen molar-refractivity contribution < 1.29 is 9.59 Å². The Kier molecular flexibility index (Phi) is 6.29. The van der Waals surface area contributed by atoms with E-state index in [1.807, 2.05) is 0 Å². The fraction of sp³-hybridized carbons (Fsp3) is 0.524. The zero-order chi connectivity index (χ0) is 21.3. The van der Waals surface area contributed by atoms with Crippen LogP contribution in [0.25, 0.3) is 0 Å². The van der Waals surface area contributed by atoms with E-state index in [-0.39, 0.29) is 29.8 Å². The summed E-state index contributed by atoms with van der Waals surface area (Å²) in [6, 6.07) is 4.90. The first-order valence-electron chi connectivity index (χ1n) is 10.4. The van der Waals surface area contributed by atoms with Crippen LogP contribution in [-0.2, 0) is 24.3 Å². The maximum absolute atomic E-state index is 12.8. The molecule has 1 aromatic heterocycles. The summed E-state index contributed by atoms with van der Waals surface area (Å²) < 4.78 is 2.98. The molecule has 2 aromatic rings. The molecule has 0 spiro atoms. The van der Waals surface area contributed by atoms with Crippen LogP contribution < -0.4 is 5.69 Å². The minimum atomic E-state index is -0.204. The molecular weight excluding hydrogens is 427 g/mol. The number of piperidine rings is 1. The van der Waals surface area contributed by atoms with E-state index in [9.17, 15) is 14.4 Å². The van der Waals surface area contributed by atoms with Crippen molar-refractivity contribution in [2.24, 2.45) is 5.92 Å². The van der Waals surface area contributed by atoms with Gasteiger partial charge in [-0.05, 0) is 43.9 Å². The smallest absolute Gasteiger partial charge is 0.341 e. The Morgan fingerprint density at radius 2 is 1.80 bits per heavy atom. The summed E-state index contributed by atoms with van der Waals surface area (Å²) in [5.41, 5.74) is 0.338. The van der Waals surface area contributed by atoms with Gasteiger partial charge in [0.2, 0.25) is 5.91 Å². The van der Waals surface area contributed by atoms with Gasteiger partial charge in [0.05, 0.1) is 10.0 Å². The highest BCUT2D eigenvalue weighted by Gasteiger charge is 2.29. The van der Waals surface area contributed by atoms with Crippen molar-refractivity contribution in [1.82, 2.24) is 19.2 Å². The van der Waals surface area contributed by atoms with Crippen LogP contribution in [-0.4, -0.2) is 44.0 Å². The maximum atomic E-state index is 12.8. The Balaban J connectivity index is 1.36. The number of hydrogen-bond donors (Lipinski definition) is 0. The van der Waals surface area contributed by atoms with Gasteiger partial charge in [-0.1, -0.05) is 29.6 Å². The van der Waals surface area contributed by atoms with Crippen LogP contribution in [0.3, 0.4) is 0 Å². The molecule has 1 fully saturated rings. The largest absolute Gasteiger partial charge is 0.346 e. The molecule has 0 N–H and O–H groups in total. The van der Waals surface area contributed by atoms with E-state index in [2.05, 4.69) is 5.10 Å². The molecule has 0 saturated carbocycles. The van der Waals surface area contributed by atoms with Gasteiger partial charge >= 0.3 is 5.69 Å². The van der Waals surface area contributed by atoms with Crippen LogP contribution in [0.5, 0.6) is 0 Å². The lowest BCUT2D eigenvalue weighted by Gasteiger charge is -2.31. The quantitative estimate of drug-likeness (QED) is 0.669. The average Bonchev–Trinajstić information content (AvgIpc) is 2.91. The Labute approximate surface area is 184 Å².